The highest BCUT2D eigenvalue weighted by Crippen LogP contribution is 2.20. The molecule has 1 unspecified atom stereocenters. The van der Waals surface area contributed by atoms with Crippen LogP contribution in [-0.4, -0.2) is 55.7 Å². The van der Waals surface area contributed by atoms with Crippen molar-refractivity contribution in [3.8, 4) is 0 Å². The van der Waals surface area contributed by atoms with Crippen LogP contribution in [0.25, 0.3) is 0 Å². The van der Waals surface area contributed by atoms with E-state index < -0.39 is 18.0 Å². The Kier molecular flexibility index (Phi) is 7.07. The summed E-state index contributed by atoms with van der Waals surface area (Å²) in [6, 6.07) is 0. The van der Waals surface area contributed by atoms with Gasteiger partial charge in [-0.2, -0.15) is 0 Å². The molecule has 104 valence electrons. The van der Waals surface area contributed by atoms with Crippen molar-refractivity contribution in [2.45, 2.75) is 25.4 Å². The SMILES string of the molecule is CCOC(=O)C(OC1COCCS1)C(=O)OCC. The zero-order valence-corrected chi connectivity index (χ0v) is 11.4. The van der Waals surface area contributed by atoms with Crippen LogP contribution < -0.4 is 0 Å². The molecular formula is C11H18O6S. The minimum Gasteiger partial charge on any atom is -0.464 e. The molecule has 0 aromatic heterocycles. The third kappa shape index (κ3) is 4.83. The first-order chi connectivity index (χ1) is 8.69. The molecule has 0 N–H and O–H groups in total. The van der Waals surface area contributed by atoms with Crippen molar-refractivity contribution in [2.24, 2.45) is 0 Å². The van der Waals surface area contributed by atoms with E-state index in [1.807, 2.05) is 0 Å². The Morgan fingerprint density at radius 2 is 1.89 bits per heavy atom. The fourth-order valence-corrected chi connectivity index (χ4v) is 2.20. The smallest absolute Gasteiger partial charge is 0.347 e. The number of carbonyl (C=O) groups is 2. The second kappa shape index (κ2) is 8.34. The summed E-state index contributed by atoms with van der Waals surface area (Å²) >= 11 is 1.50. The standard InChI is InChI=1S/C11H18O6S/c1-3-15-10(12)9(11(13)16-4-2)17-8-7-14-5-6-18-8/h8-9H,3-7H2,1-2H3. The highest BCUT2D eigenvalue weighted by molar-refractivity contribution is 7.99. The Labute approximate surface area is 110 Å². The van der Waals surface area contributed by atoms with Crippen molar-refractivity contribution in [3.05, 3.63) is 0 Å². The summed E-state index contributed by atoms with van der Waals surface area (Å²) in [5.74, 6) is -0.674. The predicted molar refractivity (Wildman–Crippen MR) is 65.2 cm³/mol. The number of carbonyl (C=O) groups excluding carboxylic acids is 2. The molecule has 0 radical (unpaired) electrons. The highest BCUT2D eigenvalue weighted by atomic mass is 32.2. The lowest BCUT2D eigenvalue weighted by atomic mass is 10.3. The zero-order chi connectivity index (χ0) is 13.4. The van der Waals surface area contributed by atoms with Gasteiger partial charge in [0.05, 0.1) is 26.4 Å². The van der Waals surface area contributed by atoms with E-state index in [-0.39, 0.29) is 18.6 Å². The molecule has 1 fully saturated rings. The van der Waals surface area contributed by atoms with Crippen LogP contribution in [0, 0.1) is 0 Å². The van der Waals surface area contributed by atoms with Gasteiger partial charge in [-0.05, 0) is 13.8 Å². The number of hydrogen-bond acceptors (Lipinski definition) is 7. The van der Waals surface area contributed by atoms with Crippen LogP contribution in [-0.2, 0) is 28.5 Å². The van der Waals surface area contributed by atoms with Gasteiger partial charge in [-0.3, -0.25) is 0 Å². The van der Waals surface area contributed by atoms with Gasteiger partial charge in [0.1, 0.15) is 5.44 Å². The van der Waals surface area contributed by atoms with E-state index in [4.69, 9.17) is 18.9 Å². The molecule has 1 aliphatic rings. The molecule has 0 amide bonds. The minimum atomic E-state index is -1.33. The van der Waals surface area contributed by atoms with Crippen LogP contribution >= 0.6 is 11.8 Å². The van der Waals surface area contributed by atoms with Gasteiger partial charge in [-0.25, -0.2) is 9.59 Å². The lowest BCUT2D eigenvalue weighted by molar-refractivity contribution is -0.175. The Bertz CT molecular complexity index is 259. The Morgan fingerprint density at radius 3 is 2.33 bits per heavy atom. The topological polar surface area (TPSA) is 71.1 Å². The van der Waals surface area contributed by atoms with Crippen molar-refractivity contribution >= 4 is 23.7 Å². The van der Waals surface area contributed by atoms with Gasteiger partial charge < -0.3 is 18.9 Å². The lowest BCUT2D eigenvalue weighted by Gasteiger charge is -2.25. The monoisotopic (exact) mass is 278 g/mol. The number of hydrogen-bond donors (Lipinski definition) is 0. The number of ether oxygens (including phenoxy) is 4. The third-order valence-corrected chi connectivity index (χ3v) is 3.10. The van der Waals surface area contributed by atoms with E-state index >= 15 is 0 Å². The van der Waals surface area contributed by atoms with E-state index in [1.165, 1.54) is 11.8 Å². The molecule has 0 aromatic rings. The van der Waals surface area contributed by atoms with Crippen LogP contribution in [0.2, 0.25) is 0 Å². The van der Waals surface area contributed by atoms with Gasteiger partial charge in [-0.1, -0.05) is 0 Å². The first-order valence-corrected chi connectivity index (χ1v) is 6.92. The quantitative estimate of drug-likeness (QED) is 0.520. The second-order valence-electron chi connectivity index (χ2n) is 3.40. The Morgan fingerprint density at radius 1 is 1.28 bits per heavy atom. The Balaban J connectivity index is 2.57. The molecule has 7 heteroatoms. The fraction of sp³-hybridized carbons (Fsp3) is 0.818. The first kappa shape index (κ1) is 15.3. The summed E-state index contributed by atoms with van der Waals surface area (Å²) in [5, 5.41) is 0. The second-order valence-corrected chi connectivity index (χ2v) is 4.66. The van der Waals surface area contributed by atoms with E-state index in [2.05, 4.69) is 0 Å². The maximum absolute atomic E-state index is 11.6. The molecule has 0 bridgehead atoms. The zero-order valence-electron chi connectivity index (χ0n) is 10.5. The van der Waals surface area contributed by atoms with E-state index in [1.54, 1.807) is 13.8 Å². The average Bonchev–Trinajstić information content (AvgIpc) is 2.37. The van der Waals surface area contributed by atoms with E-state index in [0.717, 1.165) is 5.75 Å². The van der Waals surface area contributed by atoms with E-state index in [0.29, 0.717) is 13.2 Å². The van der Waals surface area contributed by atoms with Crippen molar-refractivity contribution in [1.82, 2.24) is 0 Å². The van der Waals surface area contributed by atoms with Gasteiger partial charge in [-0.15, -0.1) is 11.8 Å². The molecule has 6 nitrogen and oxygen atoms in total. The van der Waals surface area contributed by atoms with Crippen molar-refractivity contribution < 1.29 is 28.5 Å². The molecule has 1 aliphatic heterocycles. The summed E-state index contributed by atoms with van der Waals surface area (Å²) in [6.07, 6.45) is -1.33. The van der Waals surface area contributed by atoms with Crippen molar-refractivity contribution in [2.75, 3.05) is 32.2 Å². The summed E-state index contributed by atoms with van der Waals surface area (Å²) in [5.41, 5.74) is -0.349. The molecule has 0 aromatic carbocycles. The van der Waals surface area contributed by atoms with Crippen LogP contribution in [0.1, 0.15) is 13.8 Å². The molecule has 1 saturated heterocycles. The molecular weight excluding hydrogens is 260 g/mol. The number of thioether (sulfide) groups is 1. The van der Waals surface area contributed by atoms with Gasteiger partial charge in [0.15, 0.2) is 0 Å². The summed E-state index contributed by atoms with van der Waals surface area (Å²) in [7, 11) is 0. The predicted octanol–water partition coefficient (Wildman–Crippen LogP) is 0.587. The van der Waals surface area contributed by atoms with Gasteiger partial charge >= 0.3 is 11.9 Å². The van der Waals surface area contributed by atoms with Crippen molar-refractivity contribution in [1.29, 1.82) is 0 Å². The van der Waals surface area contributed by atoms with Crippen LogP contribution in [0.4, 0.5) is 0 Å². The molecule has 18 heavy (non-hydrogen) atoms. The van der Waals surface area contributed by atoms with E-state index in [9.17, 15) is 9.59 Å². The molecule has 0 spiro atoms. The third-order valence-electron chi connectivity index (χ3n) is 2.07. The first-order valence-electron chi connectivity index (χ1n) is 5.87. The largest absolute Gasteiger partial charge is 0.464 e. The maximum atomic E-state index is 11.6. The van der Waals surface area contributed by atoms with Crippen LogP contribution in [0.5, 0.6) is 0 Å². The van der Waals surface area contributed by atoms with Crippen LogP contribution in [0.3, 0.4) is 0 Å². The van der Waals surface area contributed by atoms with Gasteiger partial charge in [0.25, 0.3) is 6.10 Å². The Hall–Kier alpha value is -0.790. The summed E-state index contributed by atoms with van der Waals surface area (Å²) in [4.78, 5) is 23.3. The molecule has 0 aliphatic carbocycles. The number of rotatable bonds is 6. The van der Waals surface area contributed by atoms with Crippen LogP contribution in [0.15, 0.2) is 0 Å². The molecule has 1 atom stereocenters. The summed E-state index contributed by atoms with van der Waals surface area (Å²) < 4.78 is 20.2. The maximum Gasteiger partial charge on any atom is 0.347 e. The lowest BCUT2D eigenvalue weighted by Crippen LogP contribution is -2.40. The van der Waals surface area contributed by atoms with Crippen molar-refractivity contribution in [3.63, 3.8) is 0 Å². The molecule has 1 heterocycles. The molecule has 0 saturated carbocycles. The molecule has 1 rings (SSSR count). The minimum absolute atomic E-state index is 0.187. The number of esters is 2. The fourth-order valence-electron chi connectivity index (χ4n) is 1.34. The normalized spacial score (nSPS) is 19.6. The highest BCUT2D eigenvalue weighted by Gasteiger charge is 2.34. The van der Waals surface area contributed by atoms with Gasteiger partial charge in [0, 0.05) is 5.75 Å². The average molecular weight is 278 g/mol. The van der Waals surface area contributed by atoms with Gasteiger partial charge in [0.2, 0.25) is 0 Å². The summed E-state index contributed by atoms with van der Waals surface area (Å²) in [6.45, 7) is 4.70.